The van der Waals surface area contributed by atoms with Crippen LogP contribution in [0.5, 0.6) is 23.0 Å². The third-order valence-electron chi connectivity index (χ3n) is 15.5. The van der Waals surface area contributed by atoms with Crippen molar-refractivity contribution in [2.75, 3.05) is 49.7 Å². The van der Waals surface area contributed by atoms with Crippen LogP contribution in [0.4, 0.5) is 0 Å². The minimum atomic E-state index is -0.544. The topological polar surface area (TPSA) is 150 Å². The zero-order chi connectivity index (χ0) is 47.4. The third-order valence-corrected chi connectivity index (χ3v) is 17.8. The van der Waals surface area contributed by atoms with Gasteiger partial charge in [-0.3, -0.25) is 38.5 Å². The Balaban J connectivity index is 0.000000137. The Labute approximate surface area is 412 Å². The molecule has 0 radical (unpaired) electrons. The van der Waals surface area contributed by atoms with Crippen LogP contribution in [0.15, 0.2) is 129 Å². The maximum atomic E-state index is 13.6. The maximum absolute atomic E-state index is 13.6. The summed E-state index contributed by atoms with van der Waals surface area (Å²) >= 11 is 3.59. The maximum Gasteiger partial charge on any atom is 0.277 e. The number of rotatable bonds is 0. The molecule has 8 bridgehead atoms. The second kappa shape index (κ2) is 17.0. The summed E-state index contributed by atoms with van der Waals surface area (Å²) in [6.07, 6.45) is 7.26. The average molecular weight is 975 g/mol. The molecule has 6 aromatic rings. The number of thioether (sulfide) groups is 2. The summed E-state index contributed by atoms with van der Waals surface area (Å²) in [5, 5.41) is 25.7. The zero-order valence-corrected chi connectivity index (χ0v) is 39.8. The molecule has 2 aliphatic carbocycles. The second-order valence-corrected chi connectivity index (χ2v) is 21.8. The number of carbonyl (C=O) groups is 2. The van der Waals surface area contributed by atoms with E-state index in [0.29, 0.717) is 63.3 Å². The Kier molecular flexibility index (Phi) is 10.5. The molecule has 8 aliphatic heterocycles. The number of pyridine rings is 2. The van der Waals surface area contributed by atoms with Crippen molar-refractivity contribution in [1.82, 2.24) is 19.2 Å². The molecule has 2 atom stereocenters. The number of aromatic hydroxyl groups is 2. The van der Waals surface area contributed by atoms with Crippen LogP contribution >= 0.6 is 23.5 Å². The fourth-order valence-corrected chi connectivity index (χ4v) is 14.2. The highest BCUT2D eigenvalue weighted by Gasteiger charge is 2.45. The highest BCUT2D eigenvalue weighted by Crippen LogP contribution is 2.50. The smallest absolute Gasteiger partial charge is 0.277 e. The normalized spacial score (nSPS) is 24.5. The fourth-order valence-electron chi connectivity index (χ4n) is 12.0. The molecule has 356 valence electrons. The molecule has 16 heteroatoms. The standard InChI is InChI=1S/2C27H25N3O4S/c2*31-20-8-9-29-25(26(20)32)27(33)28-12-16-10-17(11-16)13-34-21-6-3-4-18-14-35-22-7-2-1-5-19(22)24(23(18)21)30(29)15-28/h2*1-9,16-17,24,32H,10-15H2/t2*16?,17?,24-/m10/s1. The molecule has 2 N–H and O–H groups in total. The van der Waals surface area contributed by atoms with Crippen molar-refractivity contribution in [3.63, 3.8) is 0 Å². The van der Waals surface area contributed by atoms with Gasteiger partial charge < -0.3 is 29.5 Å². The minimum Gasteiger partial charge on any atom is -0.502 e. The highest BCUT2D eigenvalue weighted by atomic mass is 32.2. The molecule has 10 heterocycles. The van der Waals surface area contributed by atoms with E-state index in [4.69, 9.17) is 9.47 Å². The molecular weight excluding hydrogens is 925 g/mol. The lowest BCUT2D eigenvalue weighted by Gasteiger charge is -2.47. The molecule has 0 saturated heterocycles. The predicted octanol–water partition coefficient (Wildman–Crippen LogP) is 7.44. The van der Waals surface area contributed by atoms with Crippen molar-refractivity contribution in [2.24, 2.45) is 23.7 Å². The second-order valence-electron chi connectivity index (χ2n) is 19.8. The summed E-state index contributed by atoms with van der Waals surface area (Å²) < 4.78 is 16.4. The van der Waals surface area contributed by atoms with Gasteiger partial charge in [0.15, 0.2) is 22.9 Å². The number of aromatic nitrogens is 2. The van der Waals surface area contributed by atoms with E-state index in [9.17, 15) is 29.4 Å². The number of fused-ring (bicyclic) bond motifs is 6. The molecule has 2 saturated carbocycles. The van der Waals surface area contributed by atoms with Crippen LogP contribution in [0.25, 0.3) is 0 Å². The van der Waals surface area contributed by atoms with Crippen molar-refractivity contribution >= 4 is 35.3 Å². The van der Waals surface area contributed by atoms with Crippen molar-refractivity contribution in [1.29, 1.82) is 0 Å². The van der Waals surface area contributed by atoms with Gasteiger partial charge in [-0.1, -0.05) is 60.7 Å². The lowest BCUT2D eigenvalue weighted by Crippen LogP contribution is -2.57. The Hall–Kier alpha value is -6.78. The molecule has 14 nitrogen and oxygen atoms in total. The van der Waals surface area contributed by atoms with Gasteiger partial charge in [-0.05, 0) is 95.9 Å². The summed E-state index contributed by atoms with van der Waals surface area (Å²) in [6.45, 7) is 3.26. The number of hydrogen-bond donors (Lipinski definition) is 2. The first kappa shape index (κ1) is 43.3. The van der Waals surface area contributed by atoms with Gasteiger partial charge in [0.1, 0.15) is 36.9 Å². The van der Waals surface area contributed by atoms with Crippen LogP contribution < -0.4 is 30.3 Å². The molecule has 2 amide bonds. The SMILES string of the molecule is O=C1c2c(O)c(=O)ccn2N2CN1CC1CC(COc3cccc4c3[C@@H]2c2ccccc2SC4)C1.O=C1c2c(O)c(=O)ccn2N2CN1CC1CC(COc3cccc4c3[C@H]2c2ccccc2SC4)C1. The van der Waals surface area contributed by atoms with E-state index in [-0.39, 0.29) is 35.3 Å². The quantitative estimate of drug-likeness (QED) is 0.156. The number of nitrogens with zero attached hydrogens (tertiary/aromatic N) is 6. The van der Waals surface area contributed by atoms with Gasteiger partial charge in [-0.25, -0.2) is 0 Å². The van der Waals surface area contributed by atoms with Crippen molar-refractivity contribution in [2.45, 2.75) is 59.1 Å². The summed E-state index contributed by atoms with van der Waals surface area (Å²) in [5.41, 5.74) is 5.76. The van der Waals surface area contributed by atoms with Crippen LogP contribution in [0.3, 0.4) is 0 Å². The minimum absolute atomic E-state index is 0.0333. The van der Waals surface area contributed by atoms with E-state index in [0.717, 1.165) is 70.9 Å². The number of amides is 2. The lowest BCUT2D eigenvalue weighted by molar-refractivity contribution is 0.0481. The molecule has 4 aromatic carbocycles. The molecule has 10 aliphatic rings. The molecule has 70 heavy (non-hydrogen) atoms. The first-order valence-electron chi connectivity index (χ1n) is 24.1. The van der Waals surface area contributed by atoms with Crippen LogP contribution in [0, 0.1) is 23.7 Å². The van der Waals surface area contributed by atoms with Gasteiger partial charge in [-0.15, -0.1) is 23.5 Å². The summed E-state index contributed by atoms with van der Waals surface area (Å²) in [6, 6.07) is 31.3. The van der Waals surface area contributed by atoms with Gasteiger partial charge in [0.25, 0.3) is 11.8 Å². The number of hydrogen-bond acceptors (Lipinski definition) is 12. The Morgan fingerprint density at radius 3 is 1.37 bits per heavy atom. The lowest BCUT2D eigenvalue weighted by atomic mass is 9.75. The number of benzene rings is 4. The van der Waals surface area contributed by atoms with Gasteiger partial charge in [-0.2, -0.15) is 0 Å². The fraction of sp³-hybridized carbons (Fsp3) is 0.333. The van der Waals surface area contributed by atoms with Crippen molar-refractivity contribution in [3.05, 3.63) is 175 Å². The predicted molar refractivity (Wildman–Crippen MR) is 265 cm³/mol. The van der Waals surface area contributed by atoms with E-state index >= 15 is 0 Å². The van der Waals surface area contributed by atoms with Crippen molar-refractivity contribution < 1.29 is 29.3 Å². The van der Waals surface area contributed by atoms with Crippen molar-refractivity contribution in [3.8, 4) is 23.0 Å². The van der Waals surface area contributed by atoms with E-state index in [1.54, 1.807) is 55.1 Å². The Bertz CT molecular complexity index is 3040. The molecule has 2 fully saturated rings. The molecule has 0 unspecified atom stereocenters. The largest absolute Gasteiger partial charge is 0.502 e. The Morgan fingerprint density at radius 1 is 0.500 bits per heavy atom. The Morgan fingerprint density at radius 2 is 0.929 bits per heavy atom. The molecule has 2 aromatic heterocycles. The van der Waals surface area contributed by atoms with Gasteiger partial charge in [0.2, 0.25) is 10.9 Å². The van der Waals surface area contributed by atoms with Crippen LogP contribution in [-0.2, 0) is 11.5 Å². The van der Waals surface area contributed by atoms with Gasteiger partial charge >= 0.3 is 0 Å². The summed E-state index contributed by atoms with van der Waals surface area (Å²) in [4.78, 5) is 57.9. The third kappa shape index (κ3) is 7.07. The molecule has 0 spiro atoms. The van der Waals surface area contributed by atoms with Gasteiger partial charge in [0, 0.05) is 70.0 Å². The van der Waals surface area contributed by atoms with E-state index < -0.39 is 22.4 Å². The van der Waals surface area contributed by atoms with Crippen LogP contribution in [-0.4, -0.2) is 80.8 Å². The highest BCUT2D eigenvalue weighted by molar-refractivity contribution is 7.98. The monoisotopic (exact) mass is 974 g/mol. The van der Waals surface area contributed by atoms with Crippen LogP contribution in [0.2, 0.25) is 0 Å². The first-order chi connectivity index (χ1) is 34.2. The summed E-state index contributed by atoms with van der Waals surface area (Å²) in [7, 11) is 0. The number of ether oxygens (including phenoxy) is 2. The van der Waals surface area contributed by atoms with E-state index in [2.05, 4.69) is 58.5 Å². The molecule has 16 rings (SSSR count). The zero-order valence-electron chi connectivity index (χ0n) is 38.2. The number of carbonyl (C=O) groups excluding carboxylic acids is 2. The first-order valence-corrected chi connectivity index (χ1v) is 26.1. The molecular formula is C54H50N6O8S2. The summed E-state index contributed by atoms with van der Waals surface area (Å²) in [5.74, 6) is 3.50. The average Bonchev–Trinajstić information content (AvgIpc) is 3.62. The van der Waals surface area contributed by atoms with Crippen LogP contribution in [0.1, 0.15) is 92.1 Å². The van der Waals surface area contributed by atoms with Gasteiger partial charge in [0.05, 0.1) is 13.2 Å². The van der Waals surface area contributed by atoms with E-state index in [1.807, 2.05) is 36.4 Å². The van der Waals surface area contributed by atoms with E-state index in [1.165, 1.54) is 33.1 Å².